The maximum absolute atomic E-state index is 6.20. The number of anilines is 3. The van der Waals surface area contributed by atoms with E-state index in [1.807, 2.05) is 19.1 Å². The Morgan fingerprint density at radius 1 is 1.04 bits per heavy atom. The summed E-state index contributed by atoms with van der Waals surface area (Å²) in [6.07, 6.45) is 6.28. The smallest absolute Gasteiger partial charge is 0.229 e. The van der Waals surface area contributed by atoms with Gasteiger partial charge in [-0.1, -0.05) is 48.5 Å². The topological polar surface area (TPSA) is 49.8 Å². The average Bonchev–Trinajstić information content (AvgIpc) is 2.51. The maximum atomic E-state index is 6.20. The summed E-state index contributed by atoms with van der Waals surface area (Å²) in [6.45, 7) is 1.95. The number of hydrogen-bond donors (Lipinski definition) is 2. The molecule has 0 unspecified atom stereocenters. The van der Waals surface area contributed by atoms with E-state index in [4.69, 9.17) is 23.2 Å². The molecule has 4 nitrogen and oxygen atoms in total. The van der Waals surface area contributed by atoms with Crippen molar-refractivity contribution in [1.29, 1.82) is 0 Å². The first-order valence-corrected chi connectivity index (χ1v) is 8.70. The number of benzene rings is 1. The van der Waals surface area contributed by atoms with Crippen molar-refractivity contribution in [2.24, 2.45) is 0 Å². The number of para-hydroxylation sites is 1. The van der Waals surface area contributed by atoms with Gasteiger partial charge in [0.2, 0.25) is 5.95 Å². The minimum atomic E-state index is 0.495. The van der Waals surface area contributed by atoms with Gasteiger partial charge in [-0.15, -0.1) is 0 Å². The van der Waals surface area contributed by atoms with Crippen LogP contribution in [0.5, 0.6) is 0 Å². The van der Waals surface area contributed by atoms with Crippen LogP contribution in [-0.4, -0.2) is 16.0 Å². The van der Waals surface area contributed by atoms with Crippen LogP contribution in [0, 0.1) is 6.92 Å². The standard InChI is InChI=1S/C17H20Cl2N4/c1-11-10-15(21-12-6-3-2-4-7-12)22-17(20-11)23-16-13(18)8-5-9-14(16)19/h5,8-10,12H,2-4,6-7H2,1H3,(H2,20,21,22,23). The Balaban J connectivity index is 1.80. The SMILES string of the molecule is Cc1cc(NC2CCCCC2)nc(Nc2c(Cl)cccc2Cl)n1. The third-order valence-electron chi connectivity index (χ3n) is 4.01. The molecule has 122 valence electrons. The highest BCUT2D eigenvalue weighted by Gasteiger charge is 2.15. The van der Waals surface area contributed by atoms with Gasteiger partial charge in [0.25, 0.3) is 0 Å². The van der Waals surface area contributed by atoms with Crippen molar-refractivity contribution in [3.05, 3.63) is 40.0 Å². The van der Waals surface area contributed by atoms with Crippen LogP contribution in [0.15, 0.2) is 24.3 Å². The molecule has 23 heavy (non-hydrogen) atoms. The summed E-state index contributed by atoms with van der Waals surface area (Å²) < 4.78 is 0. The van der Waals surface area contributed by atoms with Crippen LogP contribution in [0.2, 0.25) is 10.0 Å². The molecule has 3 rings (SSSR count). The number of hydrogen-bond acceptors (Lipinski definition) is 4. The minimum Gasteiger partial charge on any atom is -0.367 e. The molecule has 1 aromatic carbocycles. The molecule has 1 aliphatic rings. The lowest BCUT2D eigenvalue weighted by Crippen LogP contribution is -2.23. The number of nitrogens with one attached hydrogen (secondary N) is 2. The summed E-state index contributed by atoms with van der Waals surface area (Å²) in [7, 11) is 0. The molecular weight excluding hydrogens is 331 g/mol. The predicted molar refractivity (Wildman–Crippen MR) is 97.0 cm³/mol. The lowest BCUT2D eigenvalue weighted by molar-refractivity contribution is 0.462. The quantitative estimate of drug-likeness (QED) is 0.755. The fourth-order valence-corrected chi connectivity index (χ4v) is 3.38. The number of aromatic nitrogens is 2. The zero-order valence-corrected chi connectivity index (χ0v) is 14.6. The molecule has 2 aromatic rings. The van der Waals surface area contributed by atoms with Crippen molar-refractivity contribution < 1.29 is 0 Å². The maximum Gasteiger partial charge on any atom is 0.229 e. The van der Waals surface area contributed by atoms with Crippen molar-refractivity contribution in [1.82, 2.24) is 9.97 Å². The van der Waals surface area contributed by atoms with E-state index in [0.717, 1.165) is 11.5 Å². The highest BCUT2D eigenvalue weighted by atomic mass is 35.5. The first kappa shape index (κ1) is 16.3. The van der Waals surface area contributed by atoms with Crippen molar-refractivity contribution in [3.8, 4) is 0 Å². The molecule has 0 bridgehead atoms. The van der Waals surface area contributed by atoms with Gasteiger partial charge in [-0.05, 0) is 31.9 Å². The van der Waals surface area contributed by atoms with Gasteiger partial charge in [0.15, 0.2) is 0 Å². The van der Waals surface area contributed by atoms with Gasteiger partial charge < -0.3 is 10.6 Å². The van der Waals surface area contributed by atoms with Gasteiger partial charge in [0.05, 0.1) is 15.7 Å². The fraction of sp³-hybridized carbons (Fsp3) is 0.412. The highest BCUT2D eigenvalue weighted by molar-refractivity contribution is 6.39. The summed E-state index contributed by atoms with van der Waals surface area (Å²) in [5.41, 5.74) is 1.52. The Kier molecular flexibility index (Phi) is 5.23. The minimum absolute atomic E-state index is 0.495. The molecule has 1 aromatic heterocycles. The predicted octanol–water partition coefficient (Wildman–Crippen LogP) is 5.58. The third kappa shape index (κ3) is 4.27. The van der Waals surface area contributed by atoms with E-state index in [2.05, 4.69) is 20.6 Å². The van der Waals surface area contributed by atoms with Gasteiger partial charge in [-0.2, -0.15) is 4.98 Å². The van der Waals surface area contributed by atoms with E-state index in [9.17, 15) is 0 Å². The molecule has 1 heterocycles. The second-order valence-electron chi connectivity index (χ2n) is 5.92. The lowest BCUT2D eigenvalue weighted by atomic mass is 9.95. The van der Waals surface area contributed by atoms with Crippen LogP contribution < -0.4 is 10.6 Å². The molecule has 0 amide bonds. The van der Waals surface area contributed by atoms with Gasteiger partial charge in [0, 0.05) is 17.8 Å². The third-order valence-corrected chi connectivity index (χ3v) is 4.64. The number of aryl methyl sites for hydroxylation is 1. The van der Waals surface area contributed by atoms with E-state index in [-0.39, 0.29) is 0 Å². The highest BCUT2D eigenvalue weighted by Crippen LogP contribution is 2.32. The Morgan fingerprint density at radius 2 is 1.74 bits per heavy atom. The number of halogens is 2. The summed E-state index contributed by atoms with van der Waals surface area (Å²) in [4.78, 5) is 8.98. The van der Waals surface area contributed by atoms with E-state index in [1.165, 1.54) is 32.1 Å². The van der Waals surface area contributed by atoms with E-state index in [0.29, 0.717) is 27.7 Å². The molecule has 0 radical (unpaired) electrons. The van der Waals surface area contributed by atoms with E-state index < -0.39 is 0 Å². The molecule has 0 atom stereocenters. The molecule has 6 heteroatoms. The van der Waals surface area contributed by atoms with Crippen molar-refractivity contribution in [2.45, 2.75) is 45.1 Å². The Labute approximate surface area is 146 Å². The van der Waals surface area contributed by atoms with Crippen LogP contribution in [0.25, 0.3) is 0 Å². The van der Waals surface area contributed by atoms with Gasteiger partial charge in [-0.3, -0.25) is 0 Å². The molecule has 1 fully saturated rings. The van der Waals surface area contributed by atoms with Crippen LogP contribution in [0.3, 0.4) is 0 Å². The molecular formula is C17H20Cl2N4. The largest absolute Gasteiger partial charge is 0.367 e. The van der Waals surface area contributed by atoms with Gasteiger partial charge >= 0.3 is 0 Å². The Bertz CT molecular complexity index is 664. The summed E-state index contributed by atoms with van der Waals surface area (Å²) in [5, 5.41) is 7.74. The number of rotatable bonds is 4. The average molecular weight is 351 g/mol. The molecule has 0 saturated heterocycles. The van der Waals surface area contributed by atoms with Crippen molar-refractivity contribution in [2.75, 3.05) is 10.6 Å². The second-order valence-corrected chi connectivity index (χ2v) is 6.73. The fourth-order valence-electron chi connectivity index (χ4n) is 2.88. The lowest BCUT2D eigenvalue weighted by Gasteiger charge is -2.23. The van der Waals surface area contributed by atoms with Gasteiger partial charge in [0.1, 0.15) is 5.82 Å². The summed E-state index contributed by atoms with van der Waals surface area (Å²) in [6, 6.07) is 7.84. The van der Waals surface area contributed by atoms with Crippen LogP contribution in [-0.2, 0) is 0 Å². The van der Waals surface area contributed by atoms with E-state index >= 15 is 0 Å². The molecule has 0 aliphatic heterocycles. The van der Waals surface area contributed by atoms with Crippen LogP contribution in [0.1, 0.15) is 37.8 Å². The normalized spacial score (nSPS) is 15.4. The Morgan fingerprint density at radius 3 is 2.43 bits per heavy atom. The zero-order valence-electron chi connectivity index (χ0n) is 13.1. The van der Waals surface area contributed by atoms with Crippen LogP contribution in [0.4, 0.5) is 17.5 Å². The molecule has 1 saturated carbocycles. The van der Waals surface area contributed by atoms with Gasteiger partial charge in [-0.25, -0.2) is 4.98 Å². The second kappa shape index (κ2) is 7.37. The Hall–Kier alpha value is -1.52. The summed E-state index contributed by atoms with van der Waals surface area (Å²) >= 11 is 12.4. The van der Waals surface area contributed by atoms with Crippen molar-refractivity contribution >= 4 is 40.7 Å². The zero-order chi connectivity index (χ0) is 16.2. The first-order chi connectivity index (χ1) is 11.1. The molecule has 2 N–H and O–H groups in total. The first-order valence-electron chi connectivity index (χ1n) is 7.95. The molecule has 0 spiro atoms. The molecule has 1 aliphatic carbocycles. The number of nitrogens with zero attached hydrogens (tertiary/aromatic N) is 2. The monoisotopic (exact) mass is 350 g/mol. The van der Waals surface area contributed by atoms with Crippen molar-refractivity contribution in [3.63, 3.8) is 0 Å². The van der Waals surface area contributed by atoms with Crippen LogP contribution >= 0.6 is 23.2 Å². The van der Waals surface area contributed by atoms with E-state index in [1.54, 1.807) is 12.1 Å². The summed E-state index contributed by atoms with van der Waals surface area (Å²) in [5.74, 6) is 1.34.